The van der Waals surface area contributed by atoms with Crippen molar-refractivity contribution in [1.29, 1.82) is 0 Å². The smallest absolute Gasteiger partial charge is 0.0530 e. The molecule has 0 bridgehead atoms. The van der Waals surface area contributed by atoms with Crippen LogP contribution in [0.5, 0.6) is 0 Å². The molecule has 0 radical (unpaired) electrons. The predicted molar refractivity (Wildman–Crippen MR) is 90.4 cm³/mol. The predicted octanol–water partition coefficient (Wildman–Crippen LogP) is 5.12. The van der Waals surface area contributed by atoms with Crippen molar-refractivity contribution >= 4 is 0 Å². The van der Waals surface area contributed by atoms with E-state index in [0.29, 0.717) is 5.41 Å². The molecule has 0 aromatic heterocycles. The molecule has 0 heterocycles. The van der Waals surface area contributed by atoms with Gasteiger partial charge in [0.15, 0.2) is 0 Å². The van der Waals surface area contributed by atoms with Crippen molar-refractivity contribution in [2.24, 2.45) is 5.41 Å². The molecule has 1 atom stereocenters. The van der Waals surface area contributed by atoms with Gasteiger partial charge in [0, 0.05) is 19.1 Å². The van der Waals surface area contributed by atoms with Gasteiger partial charge in [-0.05, 0) is 25.9 Å². The van der Waals surface area contributed by atoms with E-state index in [1.165, 1.54) is 57.9 Å². The van der Waals surface area contributed by atoms with Gasteiger partial charge >= 0.3 is 0 Å². The molecular weight excluding hydrogens is 246 g/mol. The second kappa shape index (κ2) is 12.6. The Labute approximate surface area is 128 Å². The minimum absolute atomic E-state index is 0.367. The fourth-order valence-electron chi connectivity index (χ4n) is 3.10. The minimum Gasteiger partial charge on any atom is -0.384 e. The zero-order valence-electron chi connectivity index (χ0n) is 14.8. The Bertz CT molecular complexity index is 204. The number of rotatable bonds is 14. The van der Waals surface area contributed by atoms with Crippen LogP contribution in [0.25, 0.3) is 0 Å². The van der Waals surface area contributed by atoms with Crippen molar-refractivity contribution in [2.75, 3.05) is 33.4 Å². The van der Waals surface area contributed by atoms with Crippen LogP contribution < -0.4 is 0 Å². The van der Waals surface area contributed by atoms with Crippen molar-refractivity contribution in [2.45, 2.75) is 79.1 Å². The molecule has 0 spiro atoms. The third kappa shape index (κ3) is 8.26. The van der Waals surface area contributed by atoms with E-state index in [2.05, 4.69) is 32.6 Å². The third-order valence-corrected chi connectivity index (χ3v) is 4.71. The van der Waals surface area contributed by atoms with E-state index in [9.17, 15) is 0 Å². The molecule has 0 aromatic rings. The Morgan fingerprint density at radius 3 is 1.95 bits per heavy atom. The number of ether oxygens (including phenoxy) is 1. The number of nitrogens with zero attached hydrogens (tertiary/aromatic N) is 1. The van der Waals surface area contributed by atoms with Crippen molar-refractivity contribution in [1.82, 2.24) is 4.90 Å². The van der Waals surface area contributed by atoms with Gasteiger partial charge in [0.2, 0.25) is 0 Å². The Balaban J connectivity index is 4.23. The summed E-state index contributed by atoms with van der Waals surface area (Å²) >= 11 is 0. The van der Waals surface area contributed by atoms with Gasteiger partial charge in [-0.2, -0.15) is 0 Å². The summed E-state index contributed by atoms with van der Waals surface area (Å²) in [5.41, 5.74) is 0.367. The molecule has 122 valence electrons. The zero-order chi connectivity index (χ0) is 15.3. The topological polar surface area (TPSA) is 12.5 Å². The molecule has 0 rings (SSSR count). The highest BCUT2D eigenvalue weighted by Gasteiger charge is 2.29. The molecule has 0 N–H and O–H groups in total. The lowest BCUT2D eigenvalue weighted by Crippen LogP contribution is -2.40. The Kier molecular flexibility index (Phi) is 12.6. The van der Waals surface area contributed by atoms with Crippen molar-refractivity contribution < 1.29 is 4.74 Å². The van der Waals surface area contributed by atoms with Gasteiger partial charge < -0.3 is 9.64 Å². The van der Waals surface area contributed by atoms with Gasteiger partial charge in [0.25, 0.3) is 0 Å². The minimum atomic E-state index is 0.367. The van der Waals surface area contributed by atoms with E-state index in [4.69, 9.17) is 4.74 Å². The standard InChI is InChI=1S/C18H39NO/c1-6-10-11-12-13-14-15-18(7-2,17-20-5)16-19(8-3)9-4/h6-17H2,1-5H3. The van der Waals surface area contributed by atoms with Crippen molar-refractivity contribution in [3.8, 4) is 0 Å². The average molecular weight is 286 g/mol. The molecule has 0 saturated carbocycles. The fourth-order valence-corrected chi connectivity index (χ4v) is 3.10. The van der Waals surface area contributed by atoms with Gasteiger partial charge in [0.05, 0.1) is 6.61 Å². The maximum atomic E-state index is 5.56. The first-order valence-corrected chi connectivity index (χ1v) is 8.89. The lowest BCUT2D eigenvalue weighted by atomic mass is 9.80. The summed E-state index contributed by atoms with van der Waals surface area (Å²) < 4.78 is 5.56. The van der Waals surface area contributed by atoms with Crippen LogP contribution in [0, 0.1) is 5.41 Å². The van der Waals surface area contributed by atoms with Crippen LogP contribution in [0.15, 0.2) is 0 Å². The zero-order valence-corrected chi connectivity index (χ0v) is 14.8. The number of unbranched alkanes of at least 4 members (excludes halogenated alkanes) is 5. The molecule has 0 aliphatic carbocycles. The van der Waals surface area contributed by atoms with Crippen LogP contribution in [0.4, 0.5) is 0 Å². The molecule has 0 saturated heterocycles. The Morgan fingerprint density at radius 2 is 1.45 bits per heavy atom. The first-order valence-electron chi connectivity index (χ1n) is 8.89. The molecule has 0 aromatic carbocycles. The van der Waals surface area contributed by atoms with Gasteiger partial charge in [-0.25, -0.2) is 0 Å². The highest BCUT2D eigenvalue weighted by molar-refractivity contribution is 4.81. The van der Waals surface area contributed by atoms with Gasteiger partial charge in [-0.1, -0.05) is 66.2 Å². The maximum Gasteiger partial charge on any atom is 0.0530 e. The summed E-state index contributed by atoms with van der Waals surface area (Å²) in [5, 5.41) is 0. The number of methoxy groups -OCH3 is 1. The van der Waals surface area contributed by atoms with Crippen LogP contribution in [-0.2, 0) is 4.74 Å². The van der Waals surface area contributed by atoms with Crippen LogP contribution in [-0.4, -0.2) is 38.3 Å². The Hall–Kier alpha value is -0.0800. The first-order chi connectivity index (χ1) is 9.67. The van der Waals surface area contributed by atoms with E-state index in [1.54, 1.807) is 0 Å². The summed E-state index contributed by atoms with van der Waals surface area (Å²) in [6.45, 7) is 13.6. The fraction of sp³-hybridized carbons (Fsp3) is 1.00. The molecule has 1 unspecified atom stereocenters. The summed E-state index contributed by atoms with van der Waals surface area (Å²) in [5.74, 6) is 0. The summed E-state index contributed by atoms with van der Waals surface area (Å²) in [4.78, 5) is 2.56. The second-order valence-electron chi connectivity index (χ2n) is 6.27. The van der Waals surface area contributed by atoms with E-state index >= 15 is 0 Å². The average Bonchev–Trinajstić information content (AvgIpc) is 2.48. The highest BCUT2D eigenvalue weighted by Crippen LogP contribution is 2.31. The first kappa shape index (κ1) is 19.9. The van der Waals surface area contributed by atoms with Crippen LogP contribution in [0.2, 0.25) is 0 Å². The molecule has 0 amide bonds. The van der Waals surface area contributed by atoms with E-state index in [0.717, 1.165) is 19.7 Å². The van der Waals surface area contributed by atoms with Crippen molar-refractivity contribution in [3.05, 3.63) is 0 Å². The van der Waals surface area contributed by atoms with E-state index in [1.807, 2.05) is 7.11 Å². The quantitative estimate of drug-likeness (QED) is 0.411. The maximum absolute atomic E-state index is 5.56. The lowest BCUT2D eigenvalue weighted by Gasteiger charge is -2.37. The molecule has 20 heavy (non-hydrogen) atoms. The molecule has 2 nitrogen and oxygen atoms in total. The second-order valence-corrected chi connectivity index (χ2v) is 6.27. The lowest BCUT2D eigenvalue weighted by molar-refractivity contribution is 0.0358. The molecular formula is C18H39NO. The third-order valence-electron chi connectivity index (χ3n) is 4.71. The number of hydrogen-bond donors (Lipinski definition) is 0. The molecule has 0 fully saturated rings. The van der Waals surface area contributed by atoms with Crippen LogP contribution in [0.1, 0.15) is 79.1 Å². The normalized spacial score (nSPS) is 14.7. The van der Waals surface area contributed by atoms with E-state index in [-0.39, 0.29) is 0 Å². The van der Waals surface area contributed by atoms with Crippen molar-refractivity contribution in [3.63, 3.8) is 0 Å². The molecule has 0 aliphatic heterocycles. The molecule has 2 heteroatoms. The van der Waals surface area contributed by atoms with Crippen LogP contribution in [0.3, 0.4) is 0 Å². The Morgan fingerprint density at radius 1 is 0.850 bits per heavy atom. The SMILES string of the molecule is CCCCCCCCC(CC)(COC)CN(CC)CC. The van der Waals surface area contributed by atoms with Gasteiger partial charge in [0.1, 0.15) is 0 Å². The largest absolute Gasteiger partial charge is 0.384 e. The number of hydrogen-bond acceptors (Lipinski definition) is 2. The summed E-state index contributed by atoms with van der Waals surface area (Å²) in [6.07, 6.45) is 10.9. The van der Waals surface area contributed by atoms with E-state index < -0.39 is 0 Å². The summed E-state index contributed by atoms with van der Waals surface area (Å²) in [7, 11) is 1.86. The summed E-state index contributed by atoms with van der Waals surface area (Å²) in [6, 6.07) is 0. The monoisotopic (exact) mass is 285 g/mol. The van der Waals surface area contributed by atoms with Crippen LogP contribution >= 0.6 is 0 Å². The van der Waals surface area contributed by atoms with Gasteiger partial charge in [-0.15, -0.1) is 0 Å². The highest BCUT2D eigenvalue weighted by atomic mass is 16.5. The molecule has 0 aliphatic rings. The van der Waals surface area contributed by atoms with Gasteiger partial charge in [-0.3, -0.25) is 0 Å².